The van der Waals surface area contributed by atoms with E-state index in [4.69, 9.17) is 4.74 Å². The summed E-state index contributed by atoms with van der Waals surface area (Å²) >= 11 is 0. The smallest absolute Gasteiger partial charge is 0.103 e. The molecule has 76 valence electrons. The van der Waals surface area contributed by atoms with Crippen molar-refractivity contribution in [3.8, 4) is 0 Å². The minimum atomic E-state index is 0.918. The Morgan fingerprint density at radius 3 is 2.79 bits per heavy atom. The second-order valence-corrected chi connectivity index (χ2v) is 4.03. The van der Waals surface area contributed by atoms with Crippen LogP contribution in [0.25, 0.3) is 0 Å². The van der Waals surface area contributed by atoms with E-state index in [0.29, 0.717) is 0 Å². The Bertz CT molecular complexity index is 292. The van der Waals surface area contributed by atoms with Gasteiger partial charge in [-0.05, 0) is 6.92 Å². The number of hydrogen-bond donors (Lipinski definition) is 1. The van der Waals surface area contributed by atoms with Crippen LogP contribution in [0.15, 0.2) is 24.3 Å². The zero-order valence-corrected chi connectivity index (χ0v) is 8.75. The molecule has 0 spiro atoms. The van der Waals surface area contributed by atoms with E-state index in [1.807, 2.05) is 0 Å². The lowest BCUT2D eigenvalue weighted by atomic mass is 10.1. The standard InChI is InChI=1S/C12H17NO/c1-11-3-2-4-12(9-11)10-13-5-7-14-8-6-13/h2-4,9H,5-8,10H2,1H3/p+1. The van der Waals surface area contributed by atoms with Gasteiger partial charge in [-0.3, -0.25) is 0 Å². The molecule has 1 aliphatic rings. The first-order chi connectivity index (χ1) is 6.84. The molecule has 0 aliphatic carbocycles. The van der Waals surface area contributed by atoms with Gasteiger partial charge in [0.2, 0.25) is 0 Å². The summed E-state index contributed by atoms with van der Waals surface area (Å²) in [5.74, 6) is 0. The Labute approximate surface area is 85.5 Å². The van der Waals surface area contributed by atoms with Gasteiger partial charge < -0.3 is 9.64 Å². The van der Waals surface area contributed by atoms with Crippen molar-refractivity contribution in [1.82, 2.24) is 0 Å². The molecular weight excluding hydrogens is 174 g/mol. The number of benzene rings is 1. The van der Waals surface area contributed by atoms with E-state index in [-0.39, 0.29) is 0 Å². The van der Waals surface area contributed by atoms with Gasteiger partial charge in [0.1, 0.15) is 19.6 Å². The summed E-state index contributed by atoms with van der Waals surface area (Å²) in [7, 11) is 0. The van der Waals surface area contributed by atoms with Crippen LogP contribution in [0.3, 0.4) is 0 Å². The van der Waals surface area contributed by atoms with Gasteiger partial charge in [-0.1, -0.05) is 29.8 Å². The molecule has 0 amide bonds. The molecule has 1 aliphatic heterocycles. The van der Waals surface area contributed by atoms with Crippen molar-refractivity contribution < 1.29 is 9.64 Å². The minimum absolute atomic E-state index is 0.918. The zero-order valence-electron chi connectivity index (χ0n) is 8.75. The molecule has 0 unspecified atom stereocenters. The highest BCUT2D eigenvalue weighted by atomic mass is 16.5. The van der Waals surface area contributed by atoms with Gasteiger partial charge in [-0.2, -0.15) is 0 Å². The molecule has 0 saturated carbocycles. The predicted octanol–water partition coefficient (Wildman–Crippen LogP) is 0.410. The number of morpholine rings is 1. The van der Waals surface area contributed by atoms with Gasteiger partial charge in [0, 0.05) is 5.56 Å². The van der Waals surface area contributed by atoms with E-state index >= 15 is 0 Å². The van der Waals surface area contributed by atoms with Crippen LogP contribution in [0.4, 0.5) is 0 Å². The predicted molar refractivity (Wildman–Crippen MR) is 56.4 cm³/mol. The van der Waals surface area contributed by atoms with Crippen LogP contribution >= 0.6 is 0 Å². The molecule has 1 aromatic carbocycles. The van der Waals surface area contributed by atoms with Gasteiger partial charge in [-0.25, -0.2) is 0 Å². The monoisotopic (exact) mass is 192 g/mol. The third-order valence-electron chi connectivity index (χ3n) is 2.74. The molecule has 0 radical (unpaired) electrons. The summed E-state index contributed by atoms with van der Waals surface area (Å²) in [6.45, 7) is 7.42. The lowest BCUT2D eigenvalue weighted by molar-refractivity contribution is -0.921. The lowest BCUT2D eigenvalue weighted by Gasteiger charge is -2.23. The fourth-order valence-corrected chi connectivity index (χ4v) is 1.95. The Balaban J connectivity index is 1.95. The topological polar surface area (TPSA) is 13.7 Å². The minimum Gasteiger partial charge on any atom is -0.370 e. The maximum Gasteiger partial charge on any atom is 0.103 e. The SMILES string of the molecule is Cc1cccc(C[NH+]2CCOCC2)c1. The van der Waals surface area contributed by atoms with Gasteiger partial charge in [-0.15, -0.1) is 0 Å². The van der Waals surface area contributed by atoms with E-state index in [1.54, 1.807) is 4.90 Å². The first kappa shape index (κ1) is 9.69. The van der Waals surface area contributed by atoms with E-state index in [9.17, 15) is 0 Å². The van der Waals surface area contributed by atoms with Crippen LogP contribution in [0.5, 0.6) is 0 Å². The molecule has 1 fully saturated rings. The van der Waals surface area contributed by atoms with Crippen molar-refractivity contribution in [2.24, 2.45) is 0 Å². The summed E-state index contributed by atoms with van der Waals surface area (Å²) in [5, 5.41) is 0. The number of aryl methyl sites for hydroxylation is 1. The molecule has 1 N–H and O–H groups in total. The van der Waals surface area contributed by atoms with Crippen LogP contribution in [-0.2, 0) is 11.3 Å². The highest BCUT2D eigenvalue weighted by Gasteiger charge is 2.13. The molecule has 1 saturated heterocycles. The molecule has 2 heteroatoms. The van der Waals surface area contributed by atoms with Crippen LogP contribution < -0.4 is 4.90 Å². The van der Waals surface area contributed by atoms with Crippen LogP contribution in [0.1, 0.15) is 11.1 Å². The van der Waals surface area contributed by atoms with Crippen molar-refractivity contribution >= 4 is 0 Å². The number of quaternary nitrogens is 1. The molecule has 0 aromatic heterocycles. The first-order valence-electron chi connectivity index (χ1n) is 5.31. The molecule has 14 heavy (non-hydrogen) atoms. The van der Waals surface area contributed by atoms with Crippen molar-refractivity contribution in [3.63, 3.8) is 0 Å². The van der Waals surface area contributed by atoms with E-state index in [0.717, 1.165) is 32.8 Å². The van der Waals surface area contributed by atoms with Gasteiger partial charge in [0.05, 0.1) is 13.2 Å². The molecule has 1 heterocycles. The fourth-order valence-electron chi connectivity index (χ4n) is 1.95. The maximum atomic E-state index is 5.34. The number of hydrogen-bond acceptors (Lipinski definition) is 1. The summed E-state index contributed by atoms with van der Waals surface area (Å²) in [4.78, 5) is 1.64. The Morgan fingerprint density at radius 2 is 2.07 bits per heavy atom. The molecular formula is C12H18NO+. The second-order valence-electron chi connectivity index (χ2n) is 4.03. The summed E-state index contributed by atoms with van der Waals surface area (Å²) in [6.07, 6.45) is 0. The van der Waals surface area contributed by atoms with Crippen molar-refractivity contribution in [3.05, 3.63) is 35.4 Å². The van der Waals surface area contributed by atoms with Gasteiger partial charge >= 0.3 is 0 Å². The van der Waals surface area contributed by atoms with Crippen molar-refractivity contribution in [1.29, 1.82) is 0 Å². The highest BCUT2D eigenvalue weighted by Crippen LogP contribution is 2.02. The number of ether oxygens (including phenoxy) is 1. The summed E-state index contributed by atoms with van der Waals surface area (Å²) in [5.41, 5.74) is 2.80. The summed E-state index contributed by atoms with van der Waals surface area (Å²) in [6, 6.07) is 8.79. The normalized spacial score (nSPS) is 18.4. The Hall–Kier alpha value is -0.860. The lowest BCUT2D eigenvalue weighted by Crippen LogP contribution is -3.12. The number of rotatable bonds is 2. The van der Waals surface area contributed by atoms with Crippen molar-refractivity contribution in [2.75, 3.05) is 26.3 Å². The van der Waals surface area contributed by atoms with Gasteiger partial charge in [0.25, 0.3) is 0 Å². The Morgan fingerprint density at radius 1 is 1.29 bits per heavy atom. The molecule has 2 nitrogen and oxygen atoms in total. The average molecular weight is 192 g/mol. The maximum absolute atomic E-state index is 5.34. The third-order valence-corrected chi connectivity index (χ3v) is 2.74. The van der Waals surface area contributed by atoms with Gasteiger partial charge in [0.15, 0.2) is 0 Å². The quantitative estimate of drug-likeness (QED) is 0.716. The largest absolute Gasteiger partial charge is 0.370 e. The second kappa shape index (κ2) is 4.58. The molecule has 0 bridgehead atoms. The third kappa shape index (κ3) is 2.56. The van der Waals surface area contributed by atoms with Crippen molar-refractivity contribution in [2.45, 2.75) is 13.5 Å². The van der Waals surface area contributed by atoms with E-state index < -0.39 is 0 Å². The molecule has 2 rings (SSSR count). The highest BCUT2D eigenvalue weighted by molar-refractivity contribution is 5.21. The van der Waals surface area contributed by atoms with E-state index in [1.165, 1.54) is 11.1 Å². The Kier molecular flexibility index (Phi) is 3.17. The zero-order chi connectivity index (χ0) is 9.80. The summed E-state index contributed by atoms with van der Waals surface area (Å²) < 4.78 is 5.34. The van der Waals surface area contributed by atoms with Crippen LogP contribution in [0, 0.1) is 6.92 Å². The first-order valence-corrected chi connectivity index (χ1v) is 5.31. The van der Waals surface area contributed by atoms with Crippen LogP contribution in [-0.4, -0.2) is 26.3 Å². The fraction of sp³-hybridized carbons (Fsp3) is 0.500. The molecule has 1 aromatic rings. The van der Waals surface area contributed by atoms with E-state index in [2.05, 4.69) is 31.2 Å². The number of nitrogens with one attached hydrogen (secondary N) is 1. The van der Waals surface area contributed by atoms with Crippen LogP contribution in [0.2, 0.25) is 0 Å². The molecule has 0 atom stereocenters. The average Bonchev–Trinajstić information content (AvgIpc) is 2.19.